The van der Waals surface area contributed by atoms with Gasteiger partial charge < -0.3 is 4.74 Å². The third-order valence-electron chi connectivity index (χ3n) is 4.65. The molecular weight excluding hydrogens is 250 g/mol. The van der Waals surface area contributed by atoms with E-state index in [1.807, 2.05) is 0 Å². The Balaban J connectivity index is 1.49. The smallest absolute Gasteiger partial charge is 0.0702 e. The van der Waals surface area contributed by atoms with Crippen LogP contribution in [0.4, 0.5) is 0 Å². The van der Waals surface area contributed by atoms with E-state index in [1.54, 1.807) is 0 Å². The minimum atomic E-state index is 0.467. The maximum atomic E-state index is 5.81. The highest BCUT2D eigenvalue weighted by molar-refractivity contribution is 4.94. The second kappa shape index (κ2) is 6.72. The molecule has 0 bridgehead atoms. The molecule has 1 atom stereocenters. The van der Waals surface area contributed by atoms with Crippen LogP contribution in [0, 0.1) is 12.8 Å². The Morgan fingerprint density at radius 3 is 2.80 bits per heavy atom. The Hall–Kier alpha value is -0.870. The van der Waals surface area contributed by atoms with Crippen molar-refractivity contribution in [2.45, 2.75) is 51.7 Å². The first-order valence-electron chi connectivity index (χ1n) is 8.13. The molecule has 0 aromatic carbocycles. The van der Waals surface area contributed by atoms with E-state index in [4.69, 9.17) is 4.74 Å². The van der Waals surface area contributed by atoms with Crippen LogP contribution in [0.1, 0.15) is 37.8 Å². The Kier molecular flexibility index (Phi) is 4.73. The van der Waals surface area contributed by atoms with E-state index in [2.05, 4.69) is 33.9 Å². The molecule has 0 unspecified atom stereocenters. The van der Waals surface area contributed by atoms with Crippen molar-refractivity contribution in [2.75, 3.05) is 26.2 Å². The molecular formula is C16H27N3O. The zero-order chi connectivity index (χ0) is 13.8. The molecule has 2 fully saturated rings. The SMILES string of the molecule is Cc1ccn(CCN(CC2CCC2)C[C@H]2CCCO2)n1. The molecule has 1 aromatic rings. The van der Waals surface area contributed by atoms with E-state index in [1.165, 1.54) is 38.6 Å². The zero-order valence-electron chi connectivity index (χ0n) is 12.6. The van der Waals surface area contributed by atoms with Crippen LogP contribution in [0.15, 0.2) is 12.3 Å². The standard InChI is InChI=1S/C16H27N3O/c1-14-7-8-19(17-14)10-9-18(12-15-4-2-5-15)13-16-6-3-11-20-16/h7-8,15-16H,2-6,9-13H2,1H3/t16-/m1/s1. The second-order valence-electron chi connectivity index (χ2n) is 6.41. The van der Waals surface area contributed by atoms with Gasteiger partial charge in [-0.2, -0.15) is 5.10 Å². The summed E-state index contributed by atoms with van der Waals surface area (Å²) in [5.41, 5.74) is 1.11. The summed E-state index contributed by atoms with van der Waals surface area (Å²) >= 11 is 0. The van der Waals surface area contributed by atoms with Gasteiger partial charge in [-0.15, -0.1) is 0 Å². The van der Waals surface area contributed by atoms with Gasteiger partial charge in [-0.3, -0.25) is 9.58 Å². The number of hydrogen-bond donors (Lipinski definition) is 0. The van der Waals surface area contributed by atoms with Crippen molar-refractivity contribution in [3.8, 4) is 0 Å². The number of aromatic nitrogens is 2. The summed E-state index contributed by atoms with van der Waals surface area (Å²) in [7, 11) is 0. The molecule has 0 radical (unpaired) electrons. The first-order chi connectivity index (χ1) is 9.79. The van der Waals surface area contributed by atoms with Gasteiger partial charge in [0, 0.05) is 32.4 Å². The van der Waals surface area contributed by atoms with Crippen LogP contribution in [0.25, 0.3) is 0 Å². The second-order valence-corrected chi connectivity index (χ2v) is 6.41. The monoisotopic (exact) mass is 277 g/mol. The fraction of sp³-hybridized carbons (Fsp3) is 0.812. The summed E-state index contributed by atoms with van der Waals surface area (Å²) in [5.74, 6) is 0.927. The Morgan fingerprint density at radius 2 is 2.20 bits per heavy atom. The first-order valence-corrected chi connectivity index (χ1v) is 8.13. The van der Waals surface area contributed by atoms with Crippen molar-refractivity contribution in [1.29, 1.82) is 0 Å². The van der Waals surface area contributed by atoms with Gasteiger partial charge in [-0.25, -0.2) is 0 Å². The molecule has 20 heavy (non-hydrogen) atoms. The van der Waals surface area contributed by atoms with Gasteiger partial charge in [0.2, 0.25) is 0 Å². The normalized spacial score (nSPS) is 23.4. The van der Waals surface area contributed by atoms with Gasteiger partial charge in [0.05, 0.1) is 18.3 Å². The summed E-state index contributed by atoms with van der Waals surface area (Å²) in [4.78, 5) is 2.61. The number of rotatable bonds is 7. The lowest BCUT2D eigenvalue weighted by Crippen LogP contribution is -2.39. The highest BCUT2D eigenvalue weighted by Crippen LogP contribution is 2.27. The van der Waals surface area contributed by atoms with Gasteiger partial charge in [-0.1, -0.05) is 6.42 Å². The molecule has 0 N–H and O–H groups in total. The molecule has 3 rings (SSSR count). The highest BCUT2D eigenvalue weighted by atomic mass is 16.5. The largest absolute Gasteiger partial charge is 0.377 e. The highest BCUT2D eigenvalue weighted by Gasteiger charge is 2.24. The Bertz CT molecular complexity index is 408. The van der Waals surface area contributed by atoms with Crippen molar-refractivity contribution in [3.63, 3.8) is 0 Å². The van der Waals surface area contributed by atoms with Gasteiger partial charge in [0.1, 0.15) is 0 Å². The summed E-state index contributed by atoms with van der Waals surface area (Å²) in [6, 6.07) is 2.08. The summed E-state index contributed by atoms with van der Waals surface area (Å²) in [6.07, 6.45) is 9.29. The van der Waals surface area contributed by atoms with Crippen molar-refractivity contribution < 1.29 is 4.74 Å². The molecule has 1 saturated heterocycles. The molecule has 0 amide bonds. The number of nitrogens with zero attached hydrogens (tertiary/aromatic N) is 3. The fourth-order valence-electron chi connectivity index (χ4n) is 3.21. The predicted molar refractivity (Wildman–Crippen MR) is 79.7 cm³/mol. The lowest BCUT2D eigenvalue weighted by molar-refractivity contribution is 0.0593. The number of ether oxygens (including phenoxy) is 1. The maximum absolute atomic E-state index is 5.81. The maximum Gasteiger partial charge on any atom is 0.0702 e. The fourth-order valence-corrected chi connectivity index (χ4v) is 3.21. The molecule has 2 heterocycles. The van der Waals surface area contributed by atoms with E-state index in [0.29, 0.717) is 6.10 Å². The first kappa shape index (κ1) is 14.1. The van der Waals surface area contributed by atoms with Crippen LogP contribution < -0.4 is 0 Å². The van der Waals surface area contributed by atoms with Crippen LogP contribution >= 0.6 is 0 Å². The molecule has 1 aromatic heterocycles. The average Bonchev–Trinajstić information content (AvgIpc) is 3.02. The molecule has 1 aliphatic heterocycles. The van der Waals surface area contributed by atoms with E-state index in [0.717, 1.165) is 37.9 Å². The van der Waals surface area contributed by atoms with E-state index in [9.17, 15) is 0 Å². The van der Waals surface area contributed by atoms with Crippen molar-refractivity contribution in [3.05, 3.63) is 18.0 Å². The molecule has 1 saturated carbocycles. The lowest BCUT2D eigenvalue weighted by atomic mass is 9.85. The summed E-state index contributed by atoms with van der Waals surface area (Å²) < 4.78 is 7.88. The summed E-state index contributed by atoms with van der Waals surface area (Å²) in [6.45, 7) is 7.46. The van der Waals surface area contributed by atoms with Crippen LogP contribution in [-0.2, 0) is 11.3 Å². The minimum Gasteiger partial charge on any atom is -0.377 e. The molecule has 1 aliphatic carbocycles. The van der Waals surface area contributed by atoms with Crippen LogP contribution in [0.3, 0.4) is 0 Å². The molecule has 4 nitrogen and oxygen atoms in total. The van der Waals surface area contributed by atoms with Crippen LogP contribution in [0.5, 0.6) is 0 Å². The molecule has 2 aliphatic rings. The van der Waals surface area contributed by atoms with E-state index in [-0.39, 0.29) is 0 Å². The van der Waals surface area contributed by atoms with Gasteiger partial charge in [0.25, 0.3) is 0 Å². The molecule has 0 spiro atoms. The third-order valence-corrected chi connectivity index (χ3v) is 4.65. The molecule has 4 heteroatoms. The van der Waals surface area contributed by atoms with Crippen LogP contribution in [0.2, 0.25) is 0 Å². The van der Waals surface area contributed by atoms with E-state index >= 15 is 0 Å². The third kappa shape index (κ3) is 3.83. The zero-order valence-corrected chi connectivity index (χ0v) is 12.6. The van der Waals surface area contributed by atoms with Gasteiger partial charge >= 0.3 is 0 Å². The summed E-state index contributed by atoms with van der Waals surface area (Å²) in [5, 5.41) is 4.49. The Labute approximate surface area is 122 Å². The van der Waals surface area contributed by atoms with Gasteiger partial charge in [-0.05, 0) is 44.6 Å². The van der Waals surface area contributed by atoms with Crippen molar-refractivity contribution >= 4 is 0 Å². The van der Waals surface area contributed by atoms with Gasteiger partial charge in [0.15, 0.2) is 0 Å². The Morgan fingerprint density at radius 1 is 1.30 bits per heavy atom. The topological polar surface area (TPSA) is 30.3 Å². The minimum absolute atomic E-state index is 0.467. The van der Waals surface area contributed by atoms with Crippen molar-refractivity contribution in [1.82, 2.24) is 14.7 Å². The van der Waals surface area contributed by atoms with E-state index < -0.39 is 0 Å². The van der Waals surface area contributed by atoms with Crippen molar-refractivity contribution in [2.24, 2.45) is 5.92 Å². The predicted octanol–water partition coefficient (Wildman–Crippen LogP) is 2.47. The number of hydrogen-bond acceptors (Lipinski definition) is 3. The quantitative estimate of drug-likeness (QED) is 0.767. The lowest BCUT2D eigenvalue weighted by Gasteiger charge is -2.33. The number of aryl methyl sites for hydroxylation is 1. The average molecular weight is 277 g/mol. The molecule has 112 valence electrons. The van der Waals surface area contributed by atoms with Crippen LogP contribution in [-0.4, -0.2) is 47.0 Å².